The molecule has 0 amide bonds. The predicted molar refractivity (Wildman–Crippen MR) is 77.3 cm³/mol. The van der Waals surface area contributed by atoms with Gasteiger partial charge in [0.2, 0.25) is 0 Å². The first-order valence-electron chi connectivity index (χ1n) is 6.61. The highest BCUT2D eigenvalue weighted by Crippen LogP contribution is 2.29. The second-order valence-corrected chi connectivity index (χ2v) is 5.82. The number of rotatable bonds is 2. The molecule has 0 atom stereocenters. The fraction of sp³-hybridized carbons (Fsp3) is 0.438. The SMILES string of the molecule is CCC(C)(C)c1cc(F)c2[nH]c(C)c(C)c(=O)c2c1. The molecule has 2 nitrogen and oxygen atoms in total. The minimum atomic E-state index is -0.353. The molecule has 0 saturated carbocycles. The predicted octanol–water partition coefficient (Wildman–Crippen LogP) is 3.97. The number of pyridine rings is 1. The van der Waals surface area contributed by atoms with Crippen LogP contribution < -0.4 is 5.43 Å². The van der Waals surface area contributed by atoms with E-state index in [0.29, 0.717) is 16.5 Å². The van der Waals surface area contributed by atoms with Crippen molar-refractivity contribution in [2.24, 2.45) is 0 Å². The number of aryl methyl sites for hydroxylation is 1. The van der Waals surface area contributed by atoms with Crippen molar-refractivity contribution in [2.75, 3.05) is 0 Å². The van der Waals surface area contributed by atoms with E-state index in [2.05, 4.69) is 25.8 Å². The first kappa shape index (κ1) is 13.8. The Balaban J connectivity index is 2.87. The van der Waals surface area contributed by atoms with E-state index in [-0.39, 0.29) is 16.7 Å². The van der Waals surface area contributed by atoms with Gasteiger partial charge in [0.05, 0.1) is 5.52 Å². The topological polar surface area (TPSA) is 32.9 Å². The molecule has 1 heterocycles. The zero-order valence-electron chi connectivity index (χ0n) is 12.1. The third-order valence-corrected chi connectivity index (χ3v) is 4.22. The molecule has 0 saturated heterocycles. The van der Waals surface area contributed by atoms with Crippen LogP contribution >= 0.6 is 0 Å². The molecule has 0 spiro atoms. The van der Waals surface area contributed by atoms with Crippen molar-refractivity contribution < 1.29 is 4.39 Å². The minimum Gasteiger partial charge on any atom is -0.356 e. The average molecular weight is 261 g/mol. The van der Waals surface area contributed by atoms with Crippen molar-refractivity contribution in [1.29, 1.82) is 0 Å². The van der Waals surface area contributed by atoms with E-state index in [4.69, 9.17) is 0 Å². The molecular formula is C16H20FNO. The van der Waals surface area contributed by atoms with Crippen LogP contribution in [0, 0.1) is 19.7 Å². The van der Waals surface area contributed by atoms with Crippen LogP contribution in [0.25, 0.3) is 10.9 Å². The number of aromatic nitrogens is 1. The number of nitrogens with one attached hydrogen (secondary N) is 1. The summed E-state index contributed by atoms with van der Waals surface area (Å²) < 4.78 is 14.2. The minimum absolute atomic E-state index is 0.0843. The lowest BCUT2D eigenvalue weighted by molar-refractivity contribution is 0.502. The molecule has 1 aromatic heterocycles. The number of benzene rings is 1. The zero-order chi connectivity index (χ0) is 14.4. The molecule has 0 bridgehead atoms. The van der Waals surface area contributed by atoms with E-state index in [0.717, 1.165) is 17.7 Å². The molecule has 19 heavy (non-hydrogen) atoms. The lowest BCUT2D eigenvalue weighted by Gasteiger charge is -2.24. The summed E-state index contributed by atoms with van der Waals surface area (Å²) in [5.74, 6) is -0.353. The normalized spacial score (nSPS) is 12.1. The average Bonchev–Trinajstić information content (AvgIpc) is 2.37. The summed E-state index contributed by atoms with van der Waals surface area (Å²) >= 11 is 0. The molecule has 1 N–H and O–H groups in total. The van der Waals surface area contributed by atoms with Crippen LogP contribution in [0.3, 0.4) is 0 Å². The van der Waals surface area contributed by atoms with Crippen molar-refractivity contribution in [3.05, 3.63) is 45.0 Å². The van der Waals surface area contributed by atoms with Gasteiger partial charge in [0.1, 0.15) is 5.82 Å². The number of H-pyrrole nitrogens is 1. The maximum atomic E-state index is 14.2. The monoisotopic (exact) mass is 261 g/mol. The summed E-state index contributed by atoms with van der Waals surface area (Å²) in [7, 11) is 0. The van der Waals surface area contributed by atoms with Crippen molar-refractivity contribution >= 4 is 10.9 Å². The van der Waals surface area contributed by atoms with E-state index < -0.39 is 0 Å². The molecule has 102 valence electrons. The van der Waals surface area contributed by atoms with Crippen molar-refractivity contribution in [3.8, 4) is 0 Å². The summed E-state index contributed by atoms with van der Waals surface area (Å²) in [6.45, 7) is 9.74. The van der Waals surface area contributed by atoms with Gasteiger partial charge < -0.3 is 4.98 Å². The molecular weight excluding hydrogens is 241 g/mol. The Hall–Kier alpha value is -1.64. The van der Waals surface area contributed by atoms with Gasteiger partial charge in [0, 0.05) is 16.6 Å². The number of hydrogen-bond donors (Lipinski definition) is 1. The molecule has 0 aliphatic rings. The Morgan fingerprint density at radius 2 is 1.89 bits per heavy atom. The lowest BCUT2D eigenvalue weighted by atomic mass is 9.81. The van der Waals surface area contributed by atoms with Gasteiger partial charge in [0.15, 0.2) is 5.43 Å². The Morgan fingerprint density at radius 1 is 1.26 bits per heavy atom. The van der Waals surface area contributed by atoms with Gasteiger partial charge in [-0.05, 0) is 43.4 Å². The Kier molecular flexibility index (Phi) is 3.25. The van der Waals surface area contributed by atoms with Crippen LogP contribution in [-0.2, 0) is 5.41 Å². The fourth-order valence-electron chi connectivity index (χ4n) is 2.16. The van der Waals surface area contributed by atoms with E-state index in [9.17, 15) is 9.18 Å². The van der Waals surface area contributed by atoms with E-state index in [1.165, 1.54) is 6.07 Å². The summed E-state index contributed by atoms with van der Waals surface area (Å²) in [6, 6.07) is 3.36. The van der Waals surface area contributed by atoms with Crippen molar-refractivity contribution in [3.63, 3.8) is 0 Å². The maximum Gasteiger partial charge on any atom is 0.192 e. The maximum absolute atomic E-state index is 14.2. The quantitative estimate of drug-likeness (QED) is 0.871. The highest BCUT2D eigenvalue weighted by molar-refractivity contribution is 5.81. The molecule has 0 aliphatic heterocycles. The van der Waals surface area contributed by atoms with Crippen molar-refractivity contribution in [1.82, 2.24) is 4.98 Å². The number of halogens is 1. The van der Waals surface area contributed by atoms with E-state index in [1.807, 2.05) is 6.07 Å². The van der Waals surface area contributed by atoms with Gasteiger partial charge in [-0.15, -0.1) is 0 Å². The van der Waals surface area contributed by atoms with Crippen LogP contribution in [-0.4, -0.2) is 4.98 Å². The molecule has 2 aromatic rings. The van der Waals surface area contributed by atoms with E-state index >= 15 is 0 Å². The van der Waals surface area contributed by atoms with Gasteiger partial charge in [0.25, 0.3) is 0 Å². The van der Waals surface area contributed by atoms with Gasteiger partial charge in [-0.2, -0.15) is 0 Å². The Labute approximate surface area is 112 Å². The Bertz CT molecular complexity index is 698. The van der Waals surface area contributed by atoms with Crippen LogP contribution in [0.4, 0.5) is 4.39 Å². The summed E-state index contributed by atoms with van der Waals surface area (Å²) in [4.78, 5) is 15.3. The molecule has 1 aromatic carbocycles. The molecule has 2 rings (SSSR count). The molecule has 0 radical (unpaired) electrons. The largest absolute Gasteiger partial charge is 0.356 e. The third-order valence-electron chi connectivity index (χ3n) is 4.22. The van der Waals surface area contributed by atoms with Crippen LogP contribution in [0.15, 0.2) is 16.9 Å². The number of aromatic amines is 1. The third kappa shape index (κ3) is 2.18. The number of fused-ring (bicyclic) bond motifs is 1. The van der Waals surface area contributed by atoms with Crippen LogP contribution in [0.5, 0.6) is 0 Å². The molecule has 0 fully saturated rings. The highest BCUT2D eigenvalue weighted by atomic mass is 19.1. The van der Waals surface area contributed by atoms with Gasteiger partial charge in [-0.3, -0.25) is 4.79 Å². The van der Waals surface area contributed by atoms with Crippen LogP contribution in [0.1, 0.15) is 44.0 Å². The smallest absolute Gasteiger partial charge is 0.192 e. The van der Waals surface area contributed by atoms with E-state index in [1.54, 1.807) is 13.8 Å². The summed E-state index contributed by atoms with van der Waals surface area (Å²) in [6.07, 6.45) is 0.890. The second-order valence-electron chi connectivity index (χ2n) is 5.82. The number of hydrogen-bond acceptors (Lipinski definition) is 1. The zero-order valence-corrected chi connectivity index (χ0v) is 12.1. The molecule has 0 unspecified atom stereocenters. The highest BCUT2D eigenvalue weighted by Gasteiger charge is 2.21. The standard InChI is InChI=1S/C16H20FNO/c1-6-16(4,5)11-7-12-14(13(17)8-11)18-10(3)9(2)15(12)19/h7-8H,6H2,1-5H3,(H,18,19). The molecule has 3 heteroatoms. The lowest BCUT2D eigenvalue weighted by Crippen LogP contribution is -2.18. The van der Waals surface area contributed by atoms with Crippen LogP contribution in [0.2, 0.25) is 0 Å². The first-order chi connectivity index (χ1) is 8.77. The summed E-state index contributed by atoms with van der Waals surface area (Å²) in [5, 5.41) is 0.444. The van der Waals surface area contributed by atoms with Crippen molar-refractivity contribution in [2.45, 2.75) is 46.5 Å². The van der Waals surface area contributed by atoms with Gasteiger partial charge in [-0.1, -0.05) is 20.8 Å². The van der Waals surface area contributed by atoms with Gasteiger partial charge in [-0.25, -0.2) is 4.39 Å². The second kappa shape index (κ2) is 4.48. The van der Waals surface area contributed by atoms with Gasteiger partial charge >= 0.3 is 0 Å². The Morgan fingerprint density at radius 3 is 2.47 bits per heavy atom. The first-order valence-corrected chi connectivity index (χ1v) is 6.61. The summed E-state index contributed by atoms with van der Waals surface area (Å²) in [5.41, 5.74) is 2.33. The fourth-order valence-corrected chi connectivity index (χ4v) is 2.16. The molecule has 0 aliphatic carbocycles.